The van der Waals surface area contributed by atoms with Crippen LogP contribution in [0.4, 0.5) is 10.1 Å². The molecule has 0 aliphatic rings. The Morgan fingerprint density at radius 2 is 1.90 bits per heavy atom. The van der Waals surface area contributed by atoms with E-state index in [0.29, 0.717) is 21.5 Å². The Hall–Kier alpha value is -3.43. The van der Waals surface area contributed by atoms with Gasteiger partial charge >= 0.3 is 0 Å². The van der Waals surface area contributed by atoms with Gasteiger partial charge in [0.25, 0.3) is 5.91 Å². The highest BCUT2D eigenvalue weighted by atomic mass is 79.9. The summed E-state index contributed by atoms with van der Waals surface area (Å²) in [6.45, 7) is 1.82. The summed E-state index contributed by atoms with van der Waals surface area (Å²) in [5, 5.41) is 12.2. The van der Waals surface area contributed by atoms with E-state index in [-0.39, 0.29) is 23.7 Å². The minimum atomic E-state index is -0.455. The third-order valence-electron chi connectivity index (χ3n) is 4.25. The second kappa shape index (κ2) is 9.86. The van der Waals surface area contributed by atoms with E-state index in [1.807, 2.05) is 37.3 Å². The van der Waals surface area contributed by atoms with E-state index in [9.17, 15) is 14.4 Å². The van der Waals surface area contributed by atoms with E-state index in [1.165, 1.54) is 6.07 Å². The van der Waals surface area contributed by atoms with Gasteiger partial charge < -0.3 is 10.1 Å². The van der Waals surface area contributed by atoms with Crippen molar-refractivity contribution < 1.29 is 13.9 Å². The maximum absolute atomic E-state index is 14.0. The first-order chi connectivity index (χ1) is 14.5. The van der Waals surface area contributed by atoms with Crippen LogP contribution in [-0.4, -0.2) is 12.5 Å². The molecule has 0 aromatic heterocycles. The molecular weight excluding hydrogens is 447 g/mol. The summed E-state index contributed by atoms with van der Waals surface area (Å²) in [7, 11) is 0. The molecule has 1 N–H and O–H groups in total. The summed E-state index contributed by atoms with van der Waals surface area (Å²) in [5.41, 5.74) is 2.95. The van der Waals surface area contributed by atoms with Gasteiger partial charge in [-0.2, -0.15) is 5.26 Å². The Balaban J connectivity index is 1.67. The average Bonchev–Trinajstić information content (AvgIpc) is 2.73. The average molecular weight is 465 g/mol. The van der Waals surface area contributed by atoms with Gasteiger partial charge in [-0.25, -0.2) is 4.39 Å². The highest BCUT2D eigenvalue weighted by Crippen LogP contribution is 2.28. The second-order valence-corrected chi connectivity index (χ2v) is 7.40. The molecule has 150 valence electrons. The molecule has 0 aliphatic heterocycles. The van der Waals surface area contributed by atoms with Gasteiger partial charge in [0.05, 0.1) is 16.1 Å². The number of allylic oxidation sites excluding steroid dienone is 1. The van der Waals surface area contributed by atoms with Crippen LogP contribution < -0.4 is 10.1 Å². The summed E-state index contributed by atoms with van der Waals surface area (Å²) in [6, 6.07) is 20.8. The molecular formula is C24H18BrFN2O2. The number of anilines is 1. The smallest absolute Gasteiger partial charge is 0.262 e. The molecule has 3 aromatic rings. The number of nitrogens with one attached hydrogen (secondary N) is 1. The van der Waals surface area contributed by atoms with Gasteiger partial charge in [0, 0.05) is 11.3 Å². The van der Waals surface area contributed by atoms with E-state index >= 15 is 0 Å². The molecule has 0 unspecified atom stereocenters. The second-order valence-electron chi connectivity index (χ2n) is 6.54. The van der Waals surface area contributed by atoms with Gasteiger partial charge in [-0.3, -0.25) is 4.79 Å². The molecule has 0 fully saturated rings. The van der Waals surface area contributed by atoms with Crippen molar-refractivity contribution >= 4 is 39.2 Å². The molecule has 1 amide bonds. The molecule has 6 heteroatoms. The highest BCUT2D eigenvalue weighted by Gasteiger charge is 2.09. The van der Waals surface area contributed by atoms with Crippen molar-refractivity contribution in [2.45, 2.75) is 6.92 Å². The van der Waals surface area contributed by atoms with E-state index in [1.54, 1.807) is 42.5 Å². The van der Waals surface area contributed by atoms with E-state index in [2.05, 4.69) is 21.2 Å². The normalized spacial score (nSPS) is 10.9. The number of amides is 1. The van der Waals surface area contributed by atoms with Crippen LogP contribution in [0.5, 0.6) is 5.75 Å². The standard InChI is InChI=1S/C24H18BrFN2O2/c1-16-6-9-19(10-7-16)28-24(29)15-30-23-11-8-17(13-21(23)25)12-18(14-27)20-4-2-3-5-22(20)26/h2-13H,15H2,1H3,(H,28,29). The van der Waals surface area contributed by atoms with Crippen molar-refractivity contribution in [2.75, 3.05) is 11.9 Å². The van der Waals surface area contributed by atoms with Gasteiger partial charge in [-0.15, -0.1) is 0 Å². The largest absolute Gasteiger partial charge is 0.483 e. The van der Waals surface area contributed by atoms with Gasteiger partial charge in [0.15, 0.2) is 6.61 Å². The zero-order valence-electron chi connectivity index (χ0n) is 16.2. The lowest BCUT2D eigenvalue weighted by Crippen LogP contribution is -2.20. The number of aryl methyl sites for hydroxylation is 1. The number of nitriles is 1. The SMILES string of the molecule is Cc1ccc(NC(=O)COc2ccc(C=C(C#N)c3ccccc3F)cc2Br)cc1. The Bertz CT molecular complexity index is 1130. The summed E-state index contributed by atoms with van der Waals surface area (Å²) >= 11 is 3.41. The minimum Gasteiger partial charge on any atom is -0.483 e. The molecule has 0 aliphatic carbocycles. The fourth-order valence-corrected chi connectivity index (χ4v) is 3.23. The molecule has 30 heavy (non-hydrogen) atoms. The van der Waals surface area contributed by atoms with Crippen molar-refractivity contribution in [3.05, 3.63) is 93.7 Å². The molecule has 3 rings (SSSR count). The van der Waals surface area contributed by atoms with Crippen LogP contribution in [0.1, 0.15) is 16.7 Å². The number of benzene rings is 3. The maximum atomic E-state index is 14.0. The fourth-order valence-electron chi connectivity index (χ4n) is 2.72. The van der Waals surface area contributed by atoms with Crippen LogP contribution in [0.2, 0.25) is 0 Å². The van der Waals surface area contributed by atoms with Crippen LogP contribution in [0.3, 0.4) is 0 Å². The Morgan fingerprint density at radius 3 is 2.57 bits per heavy atom. The van der Waals surface area contributed by atoms with Gasteiger partial charge in [0.2, 0.25) is 0 Å². The Kier molecular flexibility index (Phi) is 6.99. The van der Waals surface area contributed by atoms with Crippen molar-refractivity contribution in [1.82, 2.24) is 0 Å². The topological polar surface area (TPSA) is 62.1 Å². The molecule has 4 nitrogen and oxygen atoms in total. The van der Waals surface area contributed by atoms with E-state index in [0.717, 1.165) is 5.56 Å². The van der Waals surface area contributed by atoms with Crippen molar-refractivity contribution in [3.63, 3.8) is 0 Å². The van der Waals surface area contributed by atoms with Crippen molar-refractivity contribution in [1.29, 1.82) is 5.26 Å². The predicted octanol–water partition coefficient (Wildman–Crippen LogP) is 5.98. The summed E-state index contributed by atoms with van der Waals surface area (Å²) in [6.07, 6.45) is 1.59. The molecule has 0 saturated heterocycles. The molecule has 0 saturated carbocycles. The quantitative estimate of drug-likeness (QED) is 0.360. The first-order valence-corrected chi connectivity index (χ1v) is 9.91. The third kappa shape index (κ3) is 5.56. The number of hydrogen-bond acceptors (Lipinski definition) is 3. The van der Waals surface area contributed by atoms with Crippen molar-refractivity contribution in [2.24, 2.45) is 0 Å². The summed E-state index contributed by atoms with van der Waals surface area (Å²) in [5.74, 6) is -0.249. The van der Waals surface area contributed by atoms with Crippen LogP contribution in [0, 0.1) is 24.1 Å². The van der Waals surface area contributed by atoms with Crippen molar-refractivity contribution in [3.8, 4) is 11.8 Å². The number of halogens is 2. The molecule has 0 spiro atoms. The monoisotopic (exact) mass is 464 g/mol. The van der Waals surface area contributed by atoms with Crippen LogP contribution in [0.15, 0.2) is 71.2 Å². The summed E-state index contributed by atoms with van der Waals surface area (Å²) in [4.78, 5) is 12.1. The molecule has 3 aromatic carbocycles. The number of nitrogens with zero attached hydrogens (tertiary/aromatic N) is 1. The van der Waals surface area contributed by atoms with E-state index in [4.69, 9.17) is 4.74 Å². The number of rotatable bonds is 6. The van der Waals surface area contributed by atoms with Gasteiger partial charge in [-0.1, -0.05) is 42.0 Å². The van der Waals surface area contributed by atoms with Crippen LogP contribution in [0.25, 0.3) is 11.6 Å². The van der Waals surface area contributed by atoms with Crippen LogP contribution in [-0.2, 0) is 4.79 Å². The third-order valence-corrected chi connectivity index (χ3v) is 4.87. The van der Waals surface area contributed by atoms with Crippen LogP contribution >= 0.6 is 15.9 Å². The van der Waals surface area contributed by atoms with Gasteiger partial charge in [0.1, 0.15) is 11.6 Å². The summed E-state index contributed by atoms with van der Waals surface area (Å²) < 4.78 is 20.2. The lowest BCUT2D eigenvalue weighted by molar-refractivity contribution is -0.118. The molecule has 0 heterocycles. The fraction of sp³-hybridized carbons (Fsp3) is 0.0833. The first-order valence-electron chi connectivity index (χ1n) is 9.12. The zero-order chi connectivity index (χ0) is 21.5. The number of carbonyl (C=O) groups is 1. The number of hydrogen-bond donors (Lipinski definition) is 1. The highest BCUT2D eigenvalue weighted by molar-refractivity contribution is 9.10. The zero-order valence-corrected chi connectivity index (χ0v) is 17.7. The molecule has 0 atom stereocenters. The van der Waals surface area contributed by atoms with E-state index < -0.39 is 5.82 Å². The number of carbonyl (C=O) groups excluding carboxylic acids is 1. The predicted molar refractivity (Wildman–Crippen MR) is 119 cm³/mol. The lowest BCUT2D eigenvalue weighted by atomic mass is 10.0. The minimum absolute atomic E-state index is 0.152. The molecule has 0 radical (unpaired) electrons. The Morgan fingerprint density at radius 1 is 1.17 bits per heavy atom. The lowest BCUT2D eigenvalue weighted by Gasteiger charge is -2.10. The van der Waals surface area contributed by atoms with Gasteiger partial charge in [-0.05, 0) is 64.8 Å². The first kappa shape index (κ1) is 21.3. The Labute approximate surface area is 182 Å². The maximum Gasteiger partial charge on any atom is 0.262 e. The molecule has 0 bridgehead atoms. The number of ether oxygens (including phenoxy) is 1.